The van der Waals surface area contributed by atoms with E-state index >= 15 is 0 Å². The molecule has 0 saturated carbocycles. The van der Waals surface area contributed by atoms with Crippen LogP contribution in [-0.2, 0) is 4.79 Å². The fourth-order valence-corrected chi connectivity index (χ4v) is 1.33. The van der Waals surface area contributed by atoms with E-state index in [-0.39, 0.29) is 5.91 Å². The van der Waals surface area contributed by atoms with Crippen molar-refractivity contribution in [2.75, 3.05) is 18.9 Å². The third-order valence-corrected chi connectivity index (χ3v) is 2.47. The van der Waals surface area contributed by atoms with Crippen LogP contribution in [-0.4, -0.2) is 29.5 Å². The van der Waals surface area contributed by atoms with Crippen molar-refractivity contribution in [3.63, 3.8) is 0 Å². The zero-order chi connectivity index (χ0) is 12.2. The quantitative estimate of drug-likeness (QED) is 0.836. The highest BCUT2D eigenvalue weighted by Gasteiger charge is 2.26. The number of carbonyl (C=O) groups excluding carboxylic acids is 1. The molecule has 1 aromatic rings. The van der Waals surface area contributed by atoms with E-state index in [1.54, 1.807) is 13.2 Å². The van der Waals surface area contributed by atoms with Gasteiger partial charge in [-0.25, -0.2) is 9.97 Å². The Kier molecular flexibility index (Phi) is 4.06. The molecule has 2 N–H and O–H groups in total. The van der Waals surface area contributed by atoms with Crippen LogP contribution in [0.4, 0.5) is 5.82 Å². The number of hydrogen-bond acceptors (Lipinski definition) is 4. The van der Waals surface area contributed by atoms with E-state index in [0.29, 0.717) is 17.5 Å². The van der Waals surface area contributed by atoms with E-state index in [9.17, 15) is 4.79 Å². The van der Waals surface area contributed by atoms with Gasteiger partial charge >= 0.3 is 0 Å². The van der Waals surface area contributed by atoms with Crippen molar-refractivity contribution in [2.45, 2.75) is 13.8 Å². The molecule has 1 amide bonds. The monoisotopic (exact) mass is 242 g/mol. The van der Waals surface area contributed by atoms with Crippen molar-refractivity contribution < 1.29 is 4.79 Å². The Bertz CT molecular complexity index is 381. The Morgan fingerprint density at radius 1 is 1.44 bits per heavy atom. The molecule has 0 aliphatic rings. The first-order valence-electron chi connectivity index (χ1n) is 4.90. The SMILES string of the molecule is CNC(=O)C(C)(C)CNc1nccnc1Cl. The fraction of sp³-hybridized carbons (Fsp3) is 0.500. The summed E-state index contributed by atoms with van der Waals surface area (Å²) in [4.78, 5) is 19.4. The number of rotatable bonds is 4. The number of amides is 1. The highest BCUT2D eigenvalue weighted by molar-refractivity contribution is 6.31. The first kappa shape index (κ1) is 12.7. The van der Waals surface area contributed by atoms with Crippen molar-refractivity contribution >= 4 is 23.3 Å². The summed E-state index contributed by atoms with van der Waals surface area (Å²) < 4.78 is 0. The van der Waals surface area contributed by atoms with Gasteiger partial charge in [0.1, 0.15) is 0 Å². The molecule has 6 heteroatoms. The van der Waals surface area contributed by atoms with Crippen LogP contribution in [0.1, 0.15) is 13.8 Å². The molecule has 0 fully saturated rings. The van der Waals surface area contributed by atoms with Gasteiger partial charge in [0.25, 0.3) is 0 Å². The van der Waals surface area contributed by atoms with Gasteiger partial charge in [-0.1, -0.05) is 11.6 Å². The first-order valence-corrected chi connectivity index (χ1v) is 5.28. The number of hydrogen-bond donors (Lipinski definition) is 2. The molecule has 0 unspecified atom stereocenters. The molecule has 1 aromatic heterocycles. The molecule has 0 atom stereocenters. The van der Waals surface area contributed by atoms with Crippen LogP contribution in [0, 0.1) is 5.41 Å². The van der Waals surface area contributed by atoms with Crippen molar-refractivity contribution in [1.29, 1.82) is 0 Å². The van der Waals surface area contributed by atoms with Crippen LogP contribution in [0.2, 0.25) is 5.15 Å². The van der Waals surface area contributed by atoms with Crippen molar-refractivity contribution in [3.8, 4) is 0 Å². The predicted octanol–water partition coefficient (Wildman–Crippen LogP) is 1.31. The van der Waals surface area contributed by atoms with E-state index < -0.39 is 5.41 Å². The third kappa shape index (κ3) is 3.06. The maximum Gasteiger partial charge on any atom is 0.227 e. The number of anilines is 1. The number of nitrogens with one attached hydrogen (secondary N) is 2. The number of nitrogens with zero attached hydrogens (tertiary/aromatic N) is 2. The Labute approximate surface area is 99.6 Å². The molecule has 0 spiro atoms. The largest absolute Gasteiger partial charge is 0.366 e. The van der Waals surface area contributed by atoms with Gasteiger partial charge in [0.15, 0.2) is 11.0 Å². The minimum absolute atomic E-state index is 0.0417. The summed E-state index contributed by atoms with van der Waals surface area (Å²) >= 11 is 5.83. The lowest BCUT2D eigenvalue weighted by Gasteiger charge is -2.23. The second-order valence-corrected chi connectivity index (χ2v) is 4.37. The molecule has 0 radical (unpaired) electrons. The van der Waals surface area contributed by atoms with Crippen LogP contribution in [0.3, 0.4) is 0 Å². The van der Waals surface area contributed by atoms with Gasteiger partial charge < -0.3 is 10.6 Å². The number of halogens is 1. The molecule has 5 nitrogen and oxygen atoms in total. The first-order chi connectivity index (χ1) is 7.47. The van der Waals surface area contributed by atoms with E-state index in [4.69, 9.17) is 11.6 Å². The zero-order valence-corrected chi connectivity index (χ0v) is 10.3. The Morgan fingerprint density at radius 3 is 2.62 bits per heavy atom. The summed E-state index contributed by atoms with van der Waals surface area (Å²) in [7, 11) is 1.61. The van der Waals surface area contributed by atoms with Gasteiger partial charge in [0, 0.05) is 26.0 Å². The molecule has 0 aliphatic carbocycles. The smallest absolute Gasteiger partial charge is 0.227 e. The van der Waals surface area contributed by atoms with Gasteiger partial charge in [-0.15, -0.1) is 0 Å². The molecule has 0 saturated heterocycles. The number of aromatic nitrogens is 2. The molecule has 16 heavy (non-hydrogen) atoms. The number of carbonyl (C=O) groups is 1. The lowest BCUT2D eigenvalue weighted by molar-refractivity contribution is -0.128. The minimum atomic E-state index is -0.532. The van der Waals surface area contributed by atoms with E-state index in [1.807, 2.05) is 13.8 Å². The summed E-state index contributed by atoms with van der Waals surface area (Å²) in [6, 6.07) is 0. The van der Waals surface area contributed by atoms with Crippen LogP contribution in [0.15, 0.2) is 12.4 Å². The van der Waals surface area contributed by atoms with Crippen LogP contribution >= 0.6 is 11.6 Å². The molecule has 0 bridgehead atoms. The van der Waals surface area contributed by atoms with Crippen molar-refractivity contribution in [1.82, 2.24) is 15.3 Å². The summed E-state index contributed by atoms with van der Waals surface area (Å²) in [5.74, 6) is 0.446. The molecule has 1 heterocycles. The minimum Gasteiger partial charge on any atom is -0.366 e. The second-order valence-electron chi connectivity index (χ2n) is 4.01. The molecule has 0 aliphatic heterocycles. The van der Waals surface area contributed by atoms with Gasteiger partial charge in [0.2, 0.25) is 5.91 Å². The normalized spacial score (nSPS) is 11.0. The summed E-state index contributed by atoms with van der Waals surface area (Å²) in [5, 5.41) is 5.91. The van der Waals surface area contributed by atoms with Crippen molar-refractivity contribution in [2.24, 2.45) is 5.41 Å². The second kappa shape index (κ2) is 5.12. The molecule has 0 aromatic carbocycles. The van der Waals surface area contributed by atoms with E-state index in [0.717, 1.165) is 0 Å². The van der Waals surface area contributed by atoms with Crippen LogP contribution in [0.25, 0.3) is 0 Å². The Balaban J connectivity index is 2.65. The Morgan fingerprint density at radius 2 is 2.06 bits per heavy atom. The van der Waals surface area contributed by atoms with Crippen molar-refractivity contribution in [3.05, 3.63) is 17.5 Å². The zero-order valence-electron chi connectivity index (χ0n) is 9.54. The van der Waals surface area contributed by atoms with Gasteiger partial charge in [-0.05, 0) is 13.8 Å². The summed E-state index contributed by atoms with van der Waals surface area (Å²) in [6.45, 7) is 4.11. The Hall–Kier alpha value is -1.36. The average Bonchev–Trinajstić information content (AvgIpc) is 2.27. The molecule has 88 valence electrons. The predicted molar refractivity (Wildman–Crippen MR) is 63.4 cm³/mol. The maximum atomic E-state index is 11.5. The van der Waals surface area contributed by atoms with E-state index in [2.05, 4.69) is 20.6 Å². The lowest BCUT2D eigenvalue weighted by Crippen LogP contribution is -2.39. The van der Waals surface area contributed by atoms with Crippen LogP contribution < -0.4 is 10.6 Å². The molecular weight excluding hydrogens is 228 g/mol. The summed E-state index contributed by atoms with van der Waals surface area (Å²) in [5.41, 5.74) is -0.532. The van der Waals surface area contributed by atoms with Gasteiger partial charge in [0.05, 0.1) is 5.41 Å². The highest BCUT2D eigenvalue weighted by Crippen LogP contribution is 2.19. The highest BCUT2D eigenvalue weighted by atomic mass is 35.5. The standard InChI is InChI=1S/C10H15ClN4O/c1-10(2,9(16)12-3)6-15-8-7(11)13-4-5-14-8/h4-5H,6H2,1-3H3,(H,12,16)(H,14,15). The lowest BCUT2D eigenvalue weighted by atomic mass is 9.92. The third-order valence-electron chi connectivity index (χ3n) is 2.19. The van der Waals surface area contributed by atoms with Gasteiger partial charge in [-0.2, -0.15) is 0 Å². The topological polar surface area (TPSA) is 66.9 Å². The molecule has 1 rings (SSSR count). The van der Waals surface area contributed by atoms with Crippen LogP contribution in [0.5, 0.6) is 0 Å². The van der Waals surface area contributed by atoms with E-state index in [1.165, 1.54) is 6.20 Å². The summed E-state index contributed by atoms with van der Waals surface area (Å²) in [6.07, 6.45) is 3.05. The fourth-order valence-electron chi connectivity index (χ4n) is 1.16. The maximum absolute atomic E-state index is 11.5. The van der Waals surface area contributed by atoms with Gasteiger partial charge in [-0.3, -0.25) is 4.79 Å². The average molecular weight is 243 g/mol. The molecular formula is C10H15ClN4O.